The van der Waals surface area contributed by atoms with Crippen LogP contribution in [0.15, 0.2) is 72.8 Å². The van der Waals surface area contributed by atoms with Crippen LogP contribution in [0.2, 0.25) is 0 Å². The van der Waals surface area contributed by atoms with Crippen LogP contribution in [-0.2, 0) is 14.4 Å². The van der Waals surface area contributed by atoms with Crippen molar-refractivity contribution in [2.45, 2.75) is 76.0 Å². The smallest absolute Gasteiger partial charge is 0.256 e. The Kier molecular flexibility index (Phi) is 25.1. The molecule has 406 valence electrons. The molecule has 4 aromatic carbocycles. The Balaban J connectivity index is 1.53. The van der Waals surface area contributed by atoms with Crippen molar-refractivity contribution in [2.75, 3.05) is 77.6 Å². The number of carbonyl (C=O) groups excluding carboxylic acids is 7. The quantitative estimate of drug-likeness (QED) is 0.0141. The fraction of sp³-hybridized carbons (Fsp3) is 0.404. The molecule has 0 radical (unpaired) electrons. The molecular formula is C52H71N11O12. The van der Waals surface area contributed by atoms with Gasteiger partial charge in [-0.1, -0.05) is 0 Å². The van der Waals surface area contributed by atoms with Crippen molar-refractivity contribution in [1.82, 2.24) is 26.7 Å². The van der Waals surface area contributed by atoms with Gasteiger partial charge in [0.25, 0.3) is 23.6 Å². The summed E-state index contributed by atoms with van der Waals surface area (Å²) in [6, 6.07) is 16.2. The molecule has 75 heavy (non-hydrogen) atoms. The van der Waals surface area contributed by atoms with E-state index in [-0.39, 0.29) is 70.4 Å². The van der Waals surface area contributed by atoms with Crippen molar-refractivity contribution >= 4 is 58.8 Å². The SMILES string of the molecule is CNc1ccc(OC)c(C(=O)N[C@@H](CCCCN)NOc2ccc(OC)c(C(=O)N[C@@H](CCCCN)C(=O)Nc3ccc(OC)c(C(=O)N[C@@H](CCCCN)C(=O)Nc4ccc(OC)c(C(=O)NCC=O)c4)c3)c2)c1. The maximum absolute atomic E-state index is 14.1. The number of ether oxygens (including phenoxy) is 4. The molecule has 0 unspecified atom stereocenters. The lowest BCUT2D eigenvalue weighted by Crippen LogP contribution is -2.47. The van der Waals surface area contributed by atoms with Gasteiger partial charge in [0.05, 0.1) is 57.2 Å². The van der Waals surface area contributed by atoms with Gasteiger partial charge in [0, 0.05) is 24.1 Å². The molecule has 0 aliphatic rings. The van der Waals surface area contributed by atoms with E-state index >= 15 is 0 Å². The van der Waals surface area contributed by atoms with Crippen LogP contribution in [0.3, 0.4) is 0 Å². The summed E-state index contributed by atoms with van der Waals surface area (Å²) in [5.41, 5.74) is 21.7. The fourth-order valence-corrected chi connectivity index (χ4v) is 7.61. The zero-order valence-corrected chi connectivity index (χ0v) is 43.1. The molecule has 0 saturated heterocycles. The largest absolute Gasteiger partial charge is 0.496 e. The number of hydroxylamine groups is 1. The summed E-state index contributed by atoms with van der Waals surface area (Å²) in [7, 11) is 7.33. The Hall–Kier alpha value is -7.99. The number of carbonyl (C=O) groups is 7. The van der Waals surface area contributed by atoms with Crippen LogP contribution in [0.25, 0.3) is 0 Å². The molecule has 0 aliphatic carbocycles. The third-order valence-corrected chi connectivity index (χ3v) is 11.6. The first-order valence-corrected chi connectivity index (χ1v) is 24.5. The highest BCUT2D eigenvalue weighted by Crippen LogP contribution is 2.28. The van der Waals surface area contributed by atoms with Gasteiger partial charge in [0.15, 0.2) is 0 Å². The van der Waals surface area contributed by atoms with Crippen molar-refractivity contribution < 1.29 is 57.3 Å². The first kappa shape index (κ1) is 59.6. The number of nitrogens with two attached hydrogens (primary N) is 3. The van der Waals surface area contributed by atoms with Crippen LogP contribution in [0.1, 0.15) is 99.2 Å². The van der Waals surface area contributed by atoms with E-state index in [1.807, 2.05) is 0 Å². The maximum atomic E-state index is 14.1. The lowest BCUT2D eigenvalue weighted by Gasteiger charge is -2.22. The lowest BCUT2D eigenvalue weighted by molar-refractivity contribution is -0.118. The molecule has 23 heteroatoms. The monoisotopic (exact) mass is 1040 g/mol. The normalized spacial score (nSPS) is 11.9. The van der Waals surface area contributed by atoms with Crippen molar-refractivity contribution in [2.24, 2.45) is 17.2 Å². The number of amides is 6. The van der Waals surface area contributed by atoms with Crippen LogP contribution in [0, 0.1) is 0 Å². The predicted molar refractivity (Wildman–Crippen MR) is 283 cm³/mol. The summed E-state index contributed by atoms with van der Waals surface area (Å²) in [6.07, 6.45) is 4.03. The molecule has 4 rings (SSSR count). The molecule has 0 spiro atoms. The first-order chi connectivity index (χ1) is 36.3. The van der Waals surface area contributed by atoms with Crippen LogP contribution >= 0.6 is 0 Å². The lowest BCUT2D eigenvalue weighted by atomic mass is 10.1. The Morgan fingerprint density at radius 1 is 0.507 bits per heavy atom. The Morgan fingerprint density at radius 3 is 1.35 bits per heavy atom. The molecule has 0 aliphatic heterocycles. The van der Waals surface area contributed by atoms with E-state index in [1.165, 1.54) is 77.0 Å². The van der Waals surface area contributed by atoms with E-state index in [0.717, 1.165) is 0 Å². The molecule has 14 N–H and O–H groups in total. The third kappa shape index (κ3) is 18.2. The highest BCUT2D eigenvalue weighted by Gasteiger charge is 2.27. The molecule has 23 nitrogen and oxygen atoms in total. The minimum absolute atomic E-state index is 0.0201. The fourth-order valence-electron chi connectivity index (χ4n) is 7.61. The van der Waals surface area contributed by atoms with Gasteiger partial charge >= 0.3 is 0 Å². The van der Waals surface area contributed by atoms with Gasteiger partial charge in [-0.2, -0.15) is 0 Å². The summed E-state index contributed by atoms with van der Waals surface area (Å²) in [4.78, 5) is 99.1. The van der Waals surface area contributed by atoms with Gasteiger partial charge in [0.1, 0.15) is 53.3 Å². The molecule has 6 amide bonds. The number of anilines is 3. The summed E-state index contributed by atoms with van der Waals surface area (Å²) in [5.74, 6) is -2.55. The van der Waals surface area contributed by atoms with Crippen molar-refractivity contribution in [3.63, 3.8) is 0 Å². The van der Waals surface area contributed by atoms with Gasteiger partial charge in [-0.15, -0.1) is 5.48 Å². The first-order valence-electron chi connectivity index (χ1n) is 24.5. The molecule has 0 fully saturated rings. The van der Waals surface area contributed by atoms with Crippen molar-refractivity contribution in [3.05, 3.63) is 95.1 Å². The number of hydrogen-bond donors (Lipinski definition) is 11. The highest BCUT2D eigenvalue weighted by atomic mass is 16.6. The number of hydrogen-bond acceptors (Lipinski definition) is 17. The van der Waals surface area contributed by atoms with Crippen molar-refractivity contribution in [1.29, 1.82) is 0 Å². The molecule has 0 bridgehead atoms. The van der Waals surface area contributed by atoms with Gasteiger partial charge in [-0.25, -0.2) is 0 Å². The zero-order chi connectivity index (χ0) is 54.7. The second kappa shape index (κ2) is 31.6. The van der Waals surface area contributed by atoms with E-state index in [4.69, 9.17) is 41.0 Å². The standard InChI is InChI=1S/C52H71N11O12/c1-56-32-15-19-43(72-3)37(28-32)50(68)62-46(14-8-11-25-55)63-75-35-18-22-45(74-5)39(31-35)49(67)61-41(13-7-10-24-54)52(70)59-34-17-21-44(73-4)38(30-34)48(66)60-40(12-6-9-23-53)51(69)58-33-16-20-42(71-2)36(29-33)47(65)57-26-27-64/h15-22,27-31,40-41,46,56,63H,6-14,23-26,53-55H2,1-5H3,(H,57,65)(H,58,69)(H,59,70)(H,60,66)(H,61,67)(H,62,68)/t40-,41-,46+/m0/s1. The molecular weight excluding hydrogens is 971 g/mol. The average molecular weight is 1040 g/mol. The number of nitrogens with one attached hydrogen (secondary N) is 8. The second-order valence-corrected chi connectivity index (χ2v) is 16.9. The molecule has 4 aromatic rings. The molecule has 3 atom stereocenters. The number of rotatable bonds is 33. The van der Waals surface area contributed by atoms with Crippen LogP contribution in [-0.4, -0.2) is 122 Å². The Labute approximate surface area is 436 Å². The van der Waals surface area contributed by atoms with Gasteiger partial charge < -0.3 is 83.0 Å². The zero-order valence-electron chi connectivity index (χ0n) is 43.1. The maximum Gasteiger partial charge on any atom is 0.256 e. The predicted octanol–water partition coefficient (Wildman–Crippen LogP) is 3.19. The van der Waals surface area contributed by atoms with E-state index in [9.17, 15) is 33.6 Å². The van der Waals surface area contributed by atoms with Gasteiger partial charge in [0.2, 0.25) is 11.8 Å². The summed E-state index contributed by atoms with van der Waals surface area (Å²) < 4.78 is 21.8. The number of aldehydes is 1. The minimum Gasteiger partial charge on any atom is -0.496 e. The second-order valence-electron chi connectivity index (χ2n) is 16.9. The number of benzene rings is 4. The summed E-state index contributed by atoms with van der Waals surface area (Å²) in [5, 5.41) is 19.5. The van der Waals surface area contributed by atoms with Crippen LogP contribution in [0.4, 0.5) is 17.1 Å². The topological polar surface area (TPSA) is 340 Å². The molecule has 0 heterocycles. The summed E-state index contributed by atoms with van der Waals surface area (Å²) >= 11 is 0. The molecule has 0 saturated carbocycles. The average Bonchev–Trinajstić information content (AvgIpc) is 3.42. The third-order valence-electron chi connectivity index (χ3n) is 11.6. The summed E-state index contributed by atoms with van der Waals surface area (Å²) in [6.45, 7) is 0.905. The van der Waals surface area contributed by atoms with E-state index in [2.05, 4.69) is 42.7 Å². The van der Waals surface area contributed by atoms with Crippen molar-refractivity contribution in [3.8, 4) is 28.7 Å². The van der Waals surface area contributed by atoms with Crippen LogP contribution < -0.4 is 83.7 Å². The minimum atomic E-state index is -1.11. The van der Waals surface area contributed by atoms with E-state index < -0.39 is 53.7 Å². The van der Waals surface area contributed by atoms with E-state index in [1.54, 1.807) is 31.3 Å². The van der Waals surface area contributed by atoms with Gasteiger partial charge in [-0.3, -0.25) is 28.8 Å². The van der Waals surface area contributed by atoms with Gasteiger partial charge in [-0.05, 0) is 150 Å². The Bertz CT molecular complexity index is 2560. The number of methoxy groups -OCH3 is 4. The van der Waals surface area contributed by atoms with Crippen LogP contribution in [0.5, 0.6) is 28.7 Å². The highest BCUT2D eigenvalue weighted by molar-refractivity contribution is 6.06. The Morgan fingerprint density at radius 2 is 0.907 bits per heavy atom. The van der Waals surface area contributed by atoms with E-state index in [0.29, 0.717) is 87.9 Å². The molecule has 0 aromatic heterocycles. The number of unbranched alkanes of at least 4 members (excludes halogenated alkanes) is 3.